The third kappa shape index (κ3) is 12.2. The summed E-state index contributed by atoms with van der Waals surface area (Å²) < 4.78 is 6.63. The number of aromatic nitrogens is 4. The number of anilines is 1. The average Bonchev–Trinajstić information content (AvgIpc) is 3.18. The number of hydrogen-bond acceptors (Lipinski definition) is 7. The van der Waals surface area contributed by atoms with Gasteiger partial charge in [0.2, 0.25) is 5.95 Å². The number of nitrogen functional groups attached to an aromatic ring is 1. The number of nitrogens with one attached hydrogen (secondary N) is 2. The summed E-state index contributed by atoms with van der Waals surface area (Å²) in [5.74, 6) is 0.0291. The van der Waals surface area contributed by atoms with Crippen molar-refractivity contribution in [2.45, 2.75) is 90.7 Å². The number of aromatic amines is 1. The Morgan fingerprint density at radius 3 is 2.22 bits per heavy atom. The summed E-state index contributed by atoms with van der Waals surface area (Å²) in [4.78, 5) is 21.6. The maximum atomic E-state index is 11.4. The van der Waals surface area contributed by atoms with E-state index in [4.69, 9.17) is 15.6 Å². The van der Waals surface area contributed by atoms with Crippen LogP contribution in [0.3, 0.4) is 0 Å². The number of imidazole rings is 1. The molecular formula is C23H44N6O3. The van der Waals surface area contributed by atoms with E-state index in [9.17, 15) is 4.79 Å². The van der Waals surface area contributed by atoms with Crippen LogP contribution in [0.5, 0.6) is 0 Å². The lowest BCUT2D eigenvalue weighted by Crippen LogP contribution is -2.13. The average molecular weight is 453 g/mol. The van der Waals surface area contributed by atoms with Gasteiger partial charge in [-0.15, -0.1) is 0 Å². The molecule has 0 saturated carbocycles. The highest BCUT2D eigenvalue weighted by Gasteiger charge is 2.08. The van der Waals surface area contributed by atoms with Gasteiger partial charge in [-0.2, -0.15) is 4.98 Å². The molecule has 0 aliphatic rings. The molecule has 0 aromatic carbocycles. The van der Waals surface area contributed by atoms with Crippen molar-refractivity contribution in [2.75, 3.05) is 32.5 Å². The monoisotopic (exact) mass is 452 g/mol. The lowest BCUT2D eigenvalue weighted by Gasteiger charge is -2.03. The first kappa shape index (κ1) is 28.1. The molecule has 32 heavy (non-hydrogen) atoms. The molecule has 5 N–H and O–H groups in total. The highest BCUT2D eigenvalue weighted by atomic mass is 16.5. The van der Waals surface area contributed by atoms with Crippen LogP contribution in [0.2, 0.25) is 0 Å². The maximum absolute atomic E-state index is 11.4. The summed E-state index contributed by atoms with van der Waals surface area (Å²) in [7, 11) is 2.04. The van der Waals surface area contributed by atoms with Crippen LogP contribution in [0.1, 0.15) is 84.0 Å². The Morgan fingerprint density at radius 2 is 1.66 bits per heavy atom. The summed E-state index contributed by atoms with van der Waals surface area (Å²) in [6, 6.07) is 0. The van der Waals surface area contributed by atoms with Crippen molar-refractivity contribution < 1.29 is 9.84 Å². The summed E-state index contributed by atoms with van der Waals surface area (Å²) in [6.07, 6.45) is 18.7. The van der Waals surface area contributed by atoms with Crippen LogP contribution in [0.25, 0.3) is 11.2 Å². The van der Waals surface area contributed by atoms with E-state index in [1.165, 1.54) is 94.5 Å². The Kier molecular flexibility index (Phi) is 16.3. The molecule has 2 heterocycles. The van der Waals surface area contributed by atoms with E-state index >= 15 is 0 Å². The number of hydrogen-bond donors (Lipinski definition) is 4. The van der Waals surface area contributed by atoms with Crippen LogP contribution in [-0.4, -0.2) is 51.4 Å². The zero-order chi connectivity index (χ0) is 23.4. The predicted molar refractivity (Wildman–Crippen MR) is 131 cm³/mol. The van der Waals surface area contributed by atoms with Gasteiger partial charge in [0.05, 0.1) is 19.5 Å². The van der Waals surface area contributed by atoms with Gasteiger partial charge in [0.25, 0.3) is 5.56 Å². The molecular weight excluding hydrogens is 408 g/mol. The number of unbranched alkanes of at least 4 members (excludes halogenated alkanes) is 11. The van der Waals surface area contributed by atoms with Crippen LogP contribution >= 0.6 is 0 Å². The molecule has 0 aliphatic heterocycles. The van der Waals surface area contributed by atoms with Crippen LogP contribution in [0.4, 0.5) is 5.95 Å². The van der Waals surface area contributed by atoms with E-state index in [-0.39, 0.29) is 37.0 Å². The number of H-pyrrole nitrogens is 1. The second-order valence-electron chi connectivity index (χ2n) is 8.09. The Bertz CT molecular complexity index is 748. The first-order valence-corrected chi connectivity index (χ1v) is 12.2. The van der Waals surface area contributed by atoms with Crippen molar-refractivity contribution in [3.63, 3.8) is 0 Å². The highest BCUT2D eigenvalue weighted by Crippen LogP contribution is 2.11. The minimum atomic E-state index is -0.386. The molecule has 0 saturated heterocycles. The number of fused-ring (bicyclic) bond motifs is 1. The molecule has 2 aromatic heterocycles. The van der Waals surface area contributed by atoms with Crippen molar-refractivity contribution in [3.05, 3.63) is 16.7 Å². The molecule has 0 unspecified atom stereocenters. The van der Waals surface area contributed by atoms with Gasteiger partial charge in [-0.3, -0.25) is 14.3 Å². The number of ether oxygens (including phenoxy) is 1. The first-order chi connectivity index (χ1) is 15.6. The van der Waals surface area contributed by atoms with Gasteiger partial charge in [0.15, 0.2) is 11.2 Å². The Balaban J connectivity index is 0.000000320. The zero-order valence-corrected chi connectivity index (χ0v) is 20.1. The molecule has 9 nitrogen and oxygen atoms in total. The van der Waals surface area contributed by atoms with Crippen LogP contribution in [0, 0.1) is 0 Å². The molecule has 9 heteroatoms. The molecule has 0 amide bonds. The van der Waals surface area contributed by atoms with Gasteiger partial charge in [-0.25, -0.2) is 4.98 Å². The fraction of sp³-hybridized carbons (Fsp3) is 0.783. The summed E-state index contributed by atoms with van der Waals surface area (Å²) in [5.41, 5.74) is 5.60. The minimum absolute atomic E-state index is 0.0291. The van der Waals surface area contributed by atoms with E-state index in [0.717, 1.165) is 0 Å². The SMILES string of the molecule is CCCCCCCCCCCCCCNC.Nc1nc2c(ncn2COCCO)c(=O)[nH]1. The van der Waals surface area contributed by atoms with Crippen LogP contribution in [0.15, 0.2) is 11.1 Å². The largest absolute Gasteiger partial charge is 0.394 e. The highest BCUT2D eigenvalue weighted by molar-refractivity contribution is 5.70. The second-order valence-corrected chi connectivity index (χ2v) is 8.09. The minimum Gasteiger partial charge on any atom is -0.394 e. The van der Waals surface area contributed by atoms with Gasteiger partial charge >= 0.3 is 0 Å². The van der Waals surface area contributed by atoms with Crippen molar-refractivity contribution in [1.82, 2.24) is 24.8 Å². The molecule has 184 valence electrons. The quantitative estimate of drug-likeness (QED) is 0.270. The van der Waals surface area contributed by atoms with Gasteiger partial charge < -0.3 is 20.9 Å². The molecule has 2 rings (SSSR count). The molecule has 0 radical (unpaired) electrons. The molecule has 0 spiro atoms. The van der Waals surface area contributed by atoms with Gasteiger partial charge in [0, 0.05) is 0 Å². The molecule has 0 bridgehead atoms. The zero-order valence-electron chi connectivity index (χ0n) is 20.1. The molecule has 0 aliphatic carbocycles. The van der Waals surface area contributed by atoms with Gasteiger partial charge in [-0.05, 0) is 20.0 Å². The Labute approximate surface area is 192 Å². The Morgan fingerprint density at radius 1 is 1.06 bits per heavy atom. The van der Waals surface area contributed by atoms with E-state index in [1.54, 1.807) is 0 Å². The number of nitrogens with zero attached hydrogens (tertiary/aromatic N) is 3. The Hall–Kier alpha value is -1.97. The van der Waals surface area contributed by atoms with Crippen LogP contribution in [-0.2, 0) is 11.5 Å². The van der Waals surface area contributed by atoms with Gasteiger partial charge in [-0.1, -0.05) is 77.6 Å². The van der Waals surface area contributed by atoms with E-state index in [1.807, 2.05) is 7.05 Å². The molecule has 2 aromatic rings. The van der Waals surface area contributed by atoms with Crippen molar-refractivity contribution in [1.29, 1.82) is 0 Å². The summed E-state index contributed by atoms with van der Waals surface area (Å²) in [5, 5.41) is 11.8. The van der Waals surface area contributed by atoms with Crippen molar-refractivity contribution in [2.24, 2.45) is 0 Å². The van der Waals surface area contributed by atoms with E-state index in [0.29, 0.717) is 5.65 Å². The van der Waals surface area contributed by atoms with Crippen LogP contribution < -0.4 is 16.6 Å². The fourth-order valence-corrected chi connectivity index (χ4v) is 3.44. The third-order valence-corrected chi connectivity index (χ3v) is 5.24. The third-order valence-electron chi connectivity index (χ3n) is 5.24. The van der Waals surface area contributed by atoms with Gasteiger partial charge in [0.1, 0.15) is 6.73 Å². The van der Waals surface area contributed by atoms with Crippen molar-refractivity contribution >= 4 is 17.1 Å². The first-order valence-electron chi connectivity index (χ1n) is 12.2. The molecule has 0 fully saturated rings. The normalized spacial score (nSPS) is 11.0. The summed E-state index contributed by atoms with van der Waals surface area (Å²) >= 11 is 0. The van der Waals surface area contributed by atoms with E-state index < -0.39 is 0 Å². The van der Waals surface area contributed by atoms with E-state index in [2.05, 4.69) is 27.2 Å². The smallest absolute Gasteiger partial charge is 0.280 e. The number of aliphatic hydroxyl groups is 1. The number of nitrogens with two attached hydrogens (primary N) is 1. The summed E-state index contributed by atoms with van der Waals surface area (Å²) in [6.45, 7) is 3.78. The van der Waals surface area contributed by atoms with Crippen molar-refractivity contribution in [3.8, 4) is 0 Å². The fourth-order valence-electron chi connectivity index (χ4n) is 3.44. The lowest BCUT2D eigenvalue weighted by atomic mass is 10.1. The topological polar surface area (TPSA) is 131 Å². The standard InChI is InChI=1S/C15H33N.C8H11N5O3/c1-3-4-5-6-7-8-9-10-11-12-13-14-15-16-2;9-8-11-6-5(7(15)12-8)10-3-13(6)4-16-2-1-14/h16H,3-15H2,1-2H3;3,14H,1-2,4H2,(H3,9,11,12,15). The second kappa shape index (κ2) is 18.6. The lowest BCUT2D eigenvalue weighted by molar-refractivity contribution is 0.0499. The molecule has 0 atom stereocenters. The maximum Gasteiger partial charge on any atom is 0.280 e. The number of aliphatic hydroxyl groups excluding tert-OH is 1. The predicted octanol–water partition coefficient (Wildman–Crippen LogP) is 3.58. The number of rotatable bonds is 17.